The van der Waals surface area contributed by atoms with Crippen molar-refractivity contribution in [1.82, 2.24) is 9.55 Å². The molecule has 0 spiro atoms. The van der Waals surface area contributed by atoms with Gasteiger partial charge in [-0.15, -0.1) is 0 Å². The monoisotopic (exact) mass is 320 g/mol. The van der Waals surface area contributed by atoms with Crippen LogP contribution in [-0.4, -0.2) is 9.55 Å². The summed E-state index contributed by atoms with van der Waals surface area (Å²) in [5, 5.41) is 0.811. The maximum absolute atomic E-state index is 6.25. The van der Waals surface area contributed by atoms with Gasteiger partial charge in [-0.3, -0.25) is 0 Å². The Hall–Kier alpha value is -0.290. The van der Waals surface area contributed by atoms with Gasteiger partial charge in [0.25, 0.3) is 0 Å². The van der Waals surface area contributed by atoms with Gasteiger partial charge in [0.15, 0.2) is 0 Å². The zero-order valence-electron chi connectivity index (χ0n) is 8.01. The molecule has 1 aromatic heterocycles. The molecule has 0 bridgehead atoms. The quantitative estimate of drug-likeness (QED) is 0.734. The number of benzene rings is 1. The maximum atomic E-state index is 6.25. The summed E-state index contributed by atoms with van der Waals surface area (Å²) in [6.07, 6.45) is 0. The van der Waals surface area contributed by atoms with Gasteiger partial charge in [0.05, 0.1) is 16.1 Å². The number of aromatic nitrogens is 2. The fourth-order valence-corrected chi connectivity index (χ4v) is 2.36. The van der Waals surface area contributed by atoms with Crippen LogP contribution in [0.1, 0.15) is 12.7 Å². The van der Waals surface area contributed by atoms with Gasteiger partial charge in [-0.1, -0.05) is 11.6 Å². The fourth-order valence-electron chi connectivity index (χ4n) is 1.66. The van der Waals surface area contributed by atoms with Crippen molar-refractivity contribution in [3.8, 4) is 0 Å². The zero-order valence-corrected chi connectivity index (χ0v) is 10.9. The van der Waals surface area contributed by atoms with Crippen LogP contribution in [0.5, 0.6) is 0 Å². The molecule has 0 atom stereocenters. The van der Waals surface area contributed by atoms with Gasteiger partial charge >= 0.3 is 0 Å². The highest BCUT2D eigenvalue weighted by molar-refractivity contribution is 14.1. The first-order chi connectivity index (χ1) is 6.65. The van der Waals surface area contributed by atoms with Gasteiger partial charge < -0.3 is 4.57 Å². The molecule has 0 fully saturated rings. The van der Waals surface area contributed by atoms with E-state index in [0.29, 0.717) is 0 Å². The van der Waals surface area contributed by atoms with Crippen LogP contribution in [0.4, 0.5) is 0 Å². The Balaban J connectivity index is 2.90. The fraction of sp³-hybridized carbons (Fsp3) is 0.300. The van der Waals surface area contributed by atoms with Gasteiger partial charge in [0, 0.05) is 10.1 Å². The molecule has 1 aromatic carbocycles. The SMILES string of the molecule is CCn1c(C)nc2ccc(I)c(Cl)c21. The van der Waals surface area contributed by atoms with Gasteiger partial charge in [-0.05, 0) is 48.6 Å². The molecule has 4 heteroatoms. The summed E-state index contributed by atoms with van der Waals surface area (Å²) < 4.78 is 3.21. The van der Waals surface area contributed by atoms with Crippen molar-refractivity contribution in [2.75, 3.05) is 0 Å². The molecule has 0 saturated heterocycles. The topological polar surface area (TPSA) is 17.8 Å². The van der Waals surface area contributed by atoms with E-state index in [0.717, 1.165) is 32.0 Å². The van der Waals surface area contributed by atoms with Crippen molar-refractivity contribution >= 4 is 45.2 Å². The summed E-state index contributed by atoms with van der Waals surface area (Å²) >= 11 is 8.50. The van der Waals surface area contributed by atoms with Crippen LogP contribution < -0.4 is 0 Å². The van der Waals surface area contributed by atoms with Crippen LogP contribution in [0.3, 0.4) is 0 Å². The van der Waals surface area contributed by atoms with E-state index in [1.165, 1.54) is 0 Å². The summed E-state index contributed by atoms with van der Waals surface area (Å²) in [6.45, 7) is 5.01. The number of hydrogen-bond donors (Lipinski definition) is 0. The predicted octanol–water partition coefficient (Wildman–Crippen LogP) is 3.62. The summed E-state index contributed by atoms with van der Waals surface area (Å²) in [7, 11) is 0. The summed E-state index contributed by atoms with van der Waals surface area (Å²) in [5.74, 6) is 1.02. The number of aryl methyl sites for hydroxylation is 2. The van der Waals surface area contributed by atoms with Gasteiger partial charge in [-0.25, -0.2) is 4.98 Å². The highest BCUT2D eigenvalue weighted by Gasteiger charge is 2.11. The van der Waals surface area contributed by atoms with Crippen LogP contribution in [0.2, 0.25) is 5.02 Å². The Morgan fingerprint density at radius 1 is 1.50 bits per heavy atom. The van der Waals surface area contributed by atoms with Gasteiger partial charge in [0.2, 0.25) is 0 Å². The third-order valence-corrected chi connectivity index (χ3v) is 3.91. The second-order valence-corrected chi connectivity index (χ2v) is 4.67. The molecular weight excluding hydrogens is 310 g/mol. The molecule has 74 valence electrons. The number of fused-ring (bicyclic) bond motifs is 1. The average Bonchev–Trinajstić information content (AvgIpc) is 2.48. The number of hydrogen-bond acceptors (Lipinski definition) is 1. The Labute approximate surface area is 101 Å². The highest BCUT2D eigenvalue weighted by atomic mass is 127. The largest absolute Gasteiger partial charge is 0.327 e. The van der Waals surface area contributed by atoms with Crippen LogP contribution in [-0.2, 0) is 6.54 Å². The van der Waals surface area contributed by atoms with E-state index < -0.39 is 0 Å². The van der Waals surface area contributed by atoms with E-state index in [1.807, 2.05) is 19.1 Å². The van der Waals surface area contributed by atoms with Crippen molar-refractivity contribution in [2.45, 2.75) is 20.4 Å². The Morgan fingerprint density at radius 3 is 2.86 bits per heavy atom. The first kappa shape index (κ1) is 10.2. The van der Waals surface area contributed by atoms with E-state index in [1.54, 1.807) is 0 Å². The summed E-state index contributed by atoms with van der Waals surface area (Å²) in [4.78, 5) is 4.46. The van der Waals surface area contributed by atoms with Crippen molar-refractivity contribution in [3.63, 3.8) is 0 Å². The van der Waals surface area contributed by atoms with E-state index >= 15 is 0 Å². The number of nitrogens with zero attached hydrogens (tertiary/aromatic N) is 2. The molecular formula is C10H10ClIN2. The molecule has 0 aliphatic carbocycles. The molecule has 0 aliphatic rings. The average molecular weight is 321 g/mol. The third kappa shape index (κ3) is 1.42. The van der Waals surface area contributed by atoms with Gasteiger partial charge in [-0.2, -0.15) is 0 Å². The lowest BCUT2D eigenvalue weighted by molar-refractivity contribution is 0.753. The van der Waals surface area contributed by atoms with E-state index in [4.69, 9.17) is 11.6 Å². The Bertz CT molecular complexity index is 490. The van der Waals surface area contributed by atoms with Crippen molar-refractivity contribution in [3.05, 3.63) is 26.5 Å². The lowest BCUT2D eigenvalue weighted by Gasteiger charge is -2.04. The van der Waals surface area contributed by atoms with Crippen LogP contribution in [0.15, 0.2) is 12.1 Å². The molecule has 2 nitrogen and oxygen atoms in total. The van der Waals surface area contributed by atoms with Crippen LogP contribution >= 0.6 is 34.2 Å². The normalized spacial score (nSPS) is 11.1. The van der Waals surface area contributed by atoms with E-state index in [-0.39, 0.29) is 0 Å². The number of imidazole rings is 1. The molecule has 0 radical (unpaired) electrons. The van der Waals surface area contributed by atoms with Crippen LogP contribution in [0, 0.1) is 10.5 Å². The highest BCUT2D eigenvalue weighted by Crippen LogP contribution is 2.28. The lowest BCUT2D eigenvalue weighted by Crippen LogP contribution is -1.97. The molecule has 14 heavy (non-hydrogen) atoms. The van der Waals surface area contributed by atoms with E-state index in [2.05, 4.69) is 39.1 Å². The molecule has 0 aliphatic heterocycles. The summed E-state index contributed by atoms with van der Waals surface area (Å²) in [6, 6.07) is 4.01. The van der Waals surface area contributed by atoms with Gasteiger partial charge in [0.1, 0.15) is 5.82 Å². The third-order valence-electron chi connectivity index (χ3n) is 2.31. The minimum absolute atomic E-state index is 0.811. The van der Waals surface area contributed by atoms with E-state index in [9.17, 15) is 0 Å². The lowest BCUT2D eigenvalue weighted by atomic mass is 10.3. The minimum atomic E-state index is 0.811. The molecule has 0 unspecified atom stereocenters. The predicted molar refractivity (Wildman–Crippen MR) is 67.9 cm³/mol. The Morgan fingerprint density at radius 2 is 2.21 bits per heavy atom. The second-order valence-electron chi connectivity index (χ2n) is 3.13. The molecule has 2 aromatic rings. The molecule has 1 heterocycles. The molecule has 0 N–H and O–H groups in total. The van der Waals surface area contributed by atoms with Crippen LogP contribution in [0.25, 0.3) is 11.0 Å². The summed E-state index contributed by atoms with van der Waals surface area (Å²) in [5.41, 5.74) is 2.04. The minimum Gasteiger partial charge on any atom is -0.327 e. The first-order valence-electron chi connectivity index (χ1n) is 4.46. The Kier molecular flexibility index (Phi) is 2.70. The smallest absolute Gasteiger partial charge is 0.106 e. The molecule has 0 saturated carbocycles. The standard InChI is InChI=1S/C10H10ClIN2/c1-3-14-6(2)13-8-5-4-7(12)9(11)10(8)14/h4-5H,3H2,1-2H3. The maximum Gasteiger partial charge on any atom is 0.106 e. The zero-order chi connectivity index (χ0) is 10.3. The molecule has 2 rings (SSSR count). The van der Waals surface area contributed by atoms with Crippen molar-refractivity contribution in [2.24, 2.45) is 0 Å². The van der Waals surface area contributed by atoms with Crippen molar-refractivity contribution in [1.29, 1.82) is 0 Å². The van der Waals surface area contributed by atoms with Crippen molar-refractivity contribution < 1.29 is 0 Å². The number of halogens is 2. The second kappa shape index (κ2) is 3.70. The first-order valence-corrected chi connectivity index (χ1v) is 5.91. The number of rotatable bonds is 1. The molecule has 0 amide bonds.